The van der Waals surface area contributed by atoms with E-state index in [0.717, 1.165) is 25.0 Å². The van der Waals surface area contributed by atoms with Crippen LogP contribution in [-0.4, -0.2) is 6.61 Å². The fraction of sp³-hybridized carbons (Fsp3) is 0.158. The van der Waals surface area contributed by atoms with Crippen LogP contribution in [0.25, 0.3) is 10.8 Å². The van der Waals surface area contributed by atoms with Crippen LogP contribution in [0.5, 0.6) is 0 Å². The van der Waals surface area contributed by atoms with Gasteiger partial charge < -0.3 is 4.74 Å². The van der Waals surface area contributed by atoms with E-state index in [9.17, 15) is 4.39 Å². The average Bonchev–Trinajstić information content (AvgIpc) is 2.56. The standard InChI is InChI=1S/C10H7F.C9H10O/c11-10-7-3-5-8-4-1-2-6-9(8)10;1-2-4-9-7-10-6-5-8(9)3-1/h1-7H;1-4H,5-7H2. The second-order valence-corrected chi connectivity index (χ2v) is 5.03. The molecule has 21 heavy (non-hydrogen) atoms. The fourth-order valence-corrected chi connectivity index (χ4v) is 2.49. The molecule has 1 nitrogen and oxygen atoms in total. The van der Waals surface area contributed by atoms with Gasteiger partial charge in [0, 0.05) is 5.39 Å². The Bertz CT molecular complexity index is 706. The summed E-state index contributed by atoms with van der Waals surface area (Å²) < 4.78 is 18.3. The highest BCUT2D eigenvalue weighted by atomic mass is 19.1. The Balaban J connectivity index is 0.000000126. The summed E-state index contributed by atoms with van der Waals surface area (Å²) in [5.41, 5.74) is 2.81. The normalized spacial score (nSPS) is 13.2. The smallest absolute Gasteiger partial charge is 0.131 e. The predicted octanol–water partition coefficient (Wildman–Crippen LogP) is 4.74. The zero-order valence-electron chi connectivity index (χ0n) is 11.8. The molecule has 106 valence electrons. The molecule has 0 N–H and O–H groups in total. The summed E-state index contributed by atoms with van der Waals surface area (Å²) in [7, 11) is 0. The third-order valence-corrected chi connectivity index (χ3v) is 3.63. The molecular formula is C19H17FO. The molecule has 0 bridgehead atoms. The highest BCUT2D eigenvalue weighted by Gasteiger charge is 2.06. The Morgan fingerprint density at radius 1 is 0.762 bits per heavy atom. The fourth-order valence-electron chi connectivity index (χ4n) is 2.49. The molecule has 0 saturated heterocycles. The lowest BCUT2D eigenvalue weighted by Gasteiger charge is -2.14. The minimum absolute atomic E-state index is 0.150. The summed E-state index contributed by atoms with van der Waals surface area (Å²) in [4.78, 5) is 0. The first-order chi connectivity index (χ1) is 10.3. The van der Waals surface area contributed by atoms with Crippen LogP contribution in [0.15, 0.2) is 66.7 Å². The van der Waals surface area contributed by atoms with Gasteiger partial charge in [-0.3, -0.25) is 0 Å². The lowest BCUT2D eigenvalue weighted by molar-refractivity contribution is 0.111. The van der Waals surface area contributed by atoms with E-state index in [-0.39, 0.29) is 5.82 Å². The van der Waals surface area contributed by atoms with E-state index in [0.29, 0.717) is 5.39 Å². The van der Waals surface area contributed by atoms with Crippen molar-refractivity contribution < 1.29 is 9.13 Å². The number of hydrogen-bond donors (Lipinski definition) is 0. The van der Waals surface area contributed by atoms with Crippen molar-refractivity contribution >= 4 is 10.8 Å². The van der Waals surface area contributed by atoms with Crippen molar-refractivity contribution in [2.75, 3.05) is 6.61 Å². The molecule has 2 heteroatoms. The van der Waals surface area contributed by atoms with Crippen LogP contribution >= 0.6 is 0 Å². The third kappa shape index (κ3) is 3.29. The van der Waals surface area contributed by atoms with E-state index in [4.69, 9.17) is 4.74 Å². The molecular weight excluding hydrogens is 263 g/mol. The highest BCUT2D eigenvalue weighted by molar-refractivity contribution is 5.82. The monoisotopic (exact) mass is 280 g/mol. The molecule has 3 aromatic carbocycles. The van der Waals surface area contributed by atoms with Gasteiger partial charge >= 0.3 is 0 Å². The molecule has 1 heterocycles. The summed E-state index contributed by atoms with van der Waals surface area (Å²) in [5.74, 6) is -0.150. The maximum Gasteiger partial charge on any atom is 0.131 e. The van der Waals surface area contributed by atoms with Gasteiger partial charge in [0.05, 0.1) is 13.2 Å². The number of rotatable bonds is 0. The second kappa shape index (κ2) is 6.51. The van der Waals surface area contributed by atoms with Gasteiger partial charge in [-0.1, -0.05) is 60.7 Å². The molecule has 0 spiro atoms. The highest BCUT2D eigenvalue weighted by Crippen LogP contribution is 2.16. The number of ether oxygens (including phenoxy) is 1. The summed E-state index contributed by atoms with van der Waals surface area (Å²) in [6.07, 6.45) is 1.08. The Morgan fingerprint density at radius 2 is 1.48 bits per heavy atom. The zero-order valence-corrected chi connectivity index (χ0v) is 11.8. The Hall–Kier alpha value is -2.19. The first kappa shape index (κ1) is 13.8. The molecule has 0 unspecified atom stereocenters. The summed E-state index contributed by atoms with van der Waals surface area (Å²) in [6.45, 7) is 1.69. The van der Waals surface area contributed by atoms with Gasteiger partial charge in [-0.05, 0) is 29.0 Å². The number of halogens is 1. The van der Waals surface area contributed by atoms with E-state index in [2.05, 4.69) is 24.3 Å². The zero-order chi connectivity index (χ0) is 14.5. The van der Waals surface area contributed by atoms with Crippen LogP contribution in [0.4, 0.5) is 4.39 Å². The van der Waals surface area contributed by atoms with E-state index in [1.165, 1.54) is 17.2 Å². The lowest BCUT2D eigenvalue weighted by atomic mass is 10.0. The largest absolute Gasteiger partial charge is 0.376 e. The quantitative estimate of drug-likeness (QED) is 0.578. The van der Waals surface area contributed by atoms with Crippen LogP contribution in [0.1, 0.15) is 11.1 Å². The van der Waals surface area contributed by atoms with Gasteiger partial charge in [-0.25, -0.2) is 4.39 Å². The summed E-state index contributed by atoms with van der Waals surface area (Å²) in [5, 5.41) is 1.64. The molecule has 4 rings (SSSR count). The van der Waals surface area contributed by atoms with Gasteiger partial charge in [-0.15, -0.1) is 0 Å². The van der Waals surface area contributed by atoms with E-state index in [1.54, 1.807) is 12.1 Å². The van der Waals surface area contributed by atoms with Crippen molar-refractivity contribution in [2.24, 2.45) is 0 Å². The summed E-state index contributed by atoms with van der Waals surface area (Å²) in [6, 6.07) is 21.0. The molecule has 0 atom stereocenters. The van der Waals surface area contributed by atoms with Crippen LogP contribution in [0.3, 0.4) is 0 Å². The predicted molar refractivity (Wildman–Crippen MR) is 83.7 cm³/mol. The Morgan fingerprint density at radius 3 is 2.29 bits per heavy atom. The molecule has 0 fully saturated rings. The third-order valence-electron chi connectivity index (χ3n) is 3.63. The molecule has 0 radical (unpaired) electrons. The molecule has 0 saturated carbocycles. The van der Waals surface area contributed by atoms with E-state index >= 15 is 0 Å². The van der Waals surface area contributed by atoms with E-state index < -0.39 is 0 Å². The minimum Gasteiger partial charge on any atom is -0.376 e. The molecule has 1 aliphatic rings. The van der Waals surface area contributed by atoms with Crippen molar-refractivity contribution in [3.8, 4) is 0 Å². The van der Waals surface area contributed by atoms with Crippen molar-refractivity contribution in [2.45, 2.75) is 13.0 Å². The van der Waals surface area contributed by atoms with Crippen LogP contribution in [-0.2, 0) is 17.8 Å². The summed E-state index contributed by atoms with van der Waals surface area (Å²) >= 11 is 0. The minimum atomic E-state index is -0.150. The number of fused-ring (bicyclic) bond motifs is 2. The molecule has 0 amide bonds. The van der Waals surface area contributed by atoms with Gasteiger partial charge in [0.1, 0.15) is 5.82 Å². The maximum atomic E-state index is 13.0. The van der Waals surface area contributed by atoms with Crippen LogP contribution in [0, 0.1) is 5.82 Å². The average molecular weight is 280 g/mol. The number of benzene rings is 3. The number of hydrogen-bond acceptors (Lipinski definition) is 1. The Kier molecular flexibility index (Phi) is 4.27. The van der Waals surface area contributed by atoms with Crippen molar-refractivity contribution in [1.82, 2.24) is 0 Å². The first-order valence-corrected chi connectivity index (χ1v) is 7.12. The molecule has 0 aromatic heterocycles. The van der Waals surface area contributed by atoms with Crippen LogP contribution < -0.4 is 0 Å². The van der Waals surface area contributed by atoms with Crippen molar-refractivity contribution in [3.63, 3.8) is 0 Å². The van der Waals surface area contributed by atoms with Crippen molar-refractivity contribution in [1.29, 1.82) is 0 Å². The van der Waals surface area contributed by atoms with Gasteiger partial charge in [0.2, 0.25) is 0 Å². The van der Waals surface area contributed by atoms with Crippen LogP contribution in [0.2, 0.25) is 0 Å². The molecule has 3 aromatic rings. The maximum absolute atomic E-state index is 13.0. The lowest BCUT2D eigenvalue weighted by Crippen LogP contribution is -2.08. The van der Waals surface area contributed by atoms with Crippen molar-refractivity contribution in [3.05, 3.63) is 83.7 Å². The SMILES string of the molecule is Fc1cccc2ccccc12.c1ccc2c(c1)CCOC2. The molecule has 1 aliphatic heterocycles. The second-order valence-electron chi connectivity index (χ2n) is 5.03. The molecule has 0 aliphatic carbocycles. The van der Waals surface area contributed by atoms with Gasteiger partial charge in [0.15, 0.2) is 0 Å². The first-order valence-electron chi connectivity index (χ1n) is 7.12. The van der Waals surface area contributed by atoms with E-state index in [1.807, 2.05) is 24.3 Å². The van der Waals surface area contributed by atoms with Gasteiger partial charge in [-0.2, -0.15) is 0 Å². The topological polar surface area (TPSA) is 9.23 Å². The Labute approximate surface area is 124 Å². The van der Waals surface area contributed by atoms with Gasteiger partial charge in [0.25, 0.3) is 0 Å².